The number of nitrogens with one attached hydrogen (secondary N) is 2. The van der Waals surface area contributed by atoms with Gasteiger partial charge in [-0.1, -0.05) is 24.3 Å². The van der Waals surface area contributed by atoms with Gasteiger partial charge in [-0.3, -0.25) is 4.79 Å². The molecule has 1 heterocycles. The van der Waals surface area contributed by atoms with Gasteiger partial charge in [0, 0.05) is 5.69 Å². The molecule has 26 heavy (non-hydrogen) atoms. The van der Waals surface area contributed by atoms with Gasteiger partial charge in [0.25, 0.3) is 0 Å². The van der Waals surface area contributed by atoms with Crippen molar-refractivity contribution in [2.75, 3.05) is 32.1 Å². The van der Waals surface area contributed by atoms with Crippen LogP contribution in [0.3, 0.4) is 0 Å². The van der Waals surface area contributed by atoms with E-state index >= 15 is 0 Å². The van der Waals surface area contributed by atoms with Gasteiger partial charge in [-0.25, -0.2) is 4.79 Å². The molecule has 0 unspecified atom stereocenters. The van der Waals surface area contributed by atoms with E-state index in [9.17, 15) is 9.59 Å². The maximum atomic E-state index is 12.1. The van der Waals surface area contributed by atoms with Crippen LogP contribution >= 0.6 is 0 Å². The molecule has 0 spiro atoms. The lowest BCUT2D eigenvalue weighted by Crippen LogP contribution is -2.42. The second-order valence-corrected chi connectivity index (χ2v) is 5.69. The standard InChI is InChI=1S/C19H20N2O5/c1-24-19(23)14-6-2-3-7-15(14)20-11-18(22)21-10-13-12-25-16-8-4-5-9-17(16)26-13/h2-9,13,20H,10-12H2,1H3,(H,21,22)/t13-/m1/s1. The normalized spacial score (nSPS) is 15.0. The molecule has 2 aromatic rings. The Balaban J connectivity index is 1.48. The molecule has 2 N–H and O–H groups in total. The summed E-state index contributed by atoms with van der Waals surface area (Å²) in [5, 5.41) is 5.74. The SMILES string of the molecule is COC(=O)c1ccccc1NCC(=O)NC[C@@H]1COc2ccccc2O1. The minimum Gasteiger partial charge on any atom is -0.486 e. The molecule has 0 saturated carbocycles. The van der Waals surface area contributed by atoms with Crippen LogP contribution in [0.25, 0.3) is 0 Å². The molecule has 0 aromatic heterocycles. The summed E-state index contributed by atoms with van der Waals surface area (Å²) in [7, 11) is 1.32. The Morgan fingerprint density at radius 3 is 2.65 bits per heavy atom. The van der Waals surface area contributed by atoms with Crippen LogP contribution in [0.5, 0.6) is 11.5 Å². The Morgan fingerprint density at radius 2 is 1.85 bits per heavy atom. The number of benzene rings is 2. The number of methoxy groups -OCH3 is 1. The van der Waals surface area contributed by atoms with E-state index in [0.29, 0.717) is 35.9 Å². The van der Waals surface area contributed by atoms with E-state index in [1.54, 1.807) is 24.3 Å². The smallest absolute Gasteiger partial charge is 0.339 e. The van der Waals surface area contributed by atoms with E-state index in [4.69, 9.17) is 14.2 Å². The second kappa shape index (κ2) is 8.24. The van der Waals surface area contributed by atoms with Crippen molar-refractivity contribution in [3.05, 3.63) is 54.1 Å². The number of esters is 1. The lowest BCUT2D eigenvalue weighted by Gasteiger charge is -2.26. The summed E-state index contributed by atoms with van der Waals surface area (Å²) in [5.74, 6) is 0.700. The molecule has 2 aromatic carbocycles. The van der Waals surface area contributed by atoms with E-state index in [2.05, 4.69) is 10.6 Å². The Bertz CT molecular complexity index is 793. The molecule has 7 heteroatoms. The van der Waals surface area contributed by atoms with Crippen molar-refractivity contribution in [2.24, 2.45) is 0 Å². The van der Waals surface area contributed by atoms with E-state index < -0.39 is 5.97 Å². The zero-order valence-corrected chi connectivity index (χ0v) is 14.4. The molecule has 136 valence electrons. The number of hydrogen-bond donors (Lipinski definition) is 2. The molecule has 1 atom stereocenters. The highest BCUT2D eigenvalue weighted by atomic mass is 16.6. The fourth-order valence-electron chi connectivity index (χ4n) is 2.55. The lowest BCUT2D eigenvalue weighted by molar-refractivity contribution is -0.119. The van der Waals surface area contributed by atoms with Crippen LogP contribution in [0.15, 0.2) is 48.5 Å². The number of carbonyl (C=O) groups is 2. The third-order valence-corrected chi connectivity index (χ3v) is 3.87. The fraction of sp³-hybridized carbons (Fsp3) is 0.263. The average Bonchev–Trinajstić information content (AvgIpc) is 2.70. The third-order valence-electron chi connectivity index (χ3n) is 3.87. The van der Waals surface area contributed by atoms with Gasteiger partial charge in [-0.15, -0.1) is 0 Å². The van der Waals surface area contributed by atoms with Crippen LogP contribution in [0.1, 0.15) is 10.4 Å². The van der Waals surface area contributed by atoms with E-state index in [-0.39, 0.29) is 18.6 Å². The molecule has 0 saturated heterocycles. The number of anilines is 1. The number of para-hydroxylation sites is 3. The summed E-state index contributed by atoms with van der Waals surface area (Å²) in [4.78, 5) is 23.8. The molecule has 1 aliphatic rings. The van der Waals surface area contributed by atoms with Crippen molar-refractivity contribution >= 4 is 17.6 Å². The first-order chi connectivity index (χ1) is 12.7. The molecule has 0 radical (unpaired) electrons. The van der Waals surface area contributed by atoms with Crippen LogP contribution in [-0.2, 0) is 9.53 Å². The molecular formula is C19H20N2O5. The maximum Gasteiger partial charge on any atom is 0.339 e. The largest absolute Gasteiger partial charge is 0.486 e. The van der Waals surface area contributed by atoms with Crippen LogP contribution in [0.4, 0.5) is 5.69 Å². The molecule has 1 amide bonds. The summed E-state index contributed by atoms with van der Waals surface area (Å²) in [5.41, 5.74) is 0.920. The zero-order valence-electron chi connectivity index (χ0n) is 14.4. The van der Waals surface area contributed by atoms with Crippen molar-refractivity contribution in [3.8, 4) is 11.5 Å². The Kier molecular flexibility index (Phi) is 5.58. The first-order valence-electron chi connectivity index (χ1n) is 8.24. The molecule has 7 nitrogen and oxygen atoms in total. The molecular weight excluding hydrogens is 336 g/mol. The highest BCUT2D eigenvalue weighted by Gasteiger charge is 2.21. The van der Waals surface area contributed by atoms with Gasteiger partial charge in [-0.2, -0.15) is 0 Å². The van der Waals surface area contributed by atoms with Crippen molar-refractivity contribution in [1.82, 2.24) is 5.32 Å². The van der Waals surface area contributed by atoms with Crippen molar-refractivity contribution < 1.29 is 23.8 Å². The number of carbonyl (C=O) groups excluding carboxylic acids is 2. The average molecular weight is 356 g/mol. The van der Waals surface area contributed by atoms with Gasteiger partial charge in [0.2, 0.25) is 5.91 Å². The van der Waals surface area contributed by atoms with Crippen LogP contribution in [-0.4, -0.2) is 44.8 Å². The fourth-order valence-corrected chi connectivity index (χ4v) is 2.55. The van der Waals surface area contributed by atoms with E-state index in [0.717, 1.165) is 0 Å². The minimum absolute atomic E-state index is 0.0260. The topological polar surface area (TPSA) is 85.9 Å². The monoisotopic (exact) mass is 356 g/mol. The highest BCUT2D eigenvalue weighted by Crippen LogP contribution is 2.30. The minimum atomic E-state index is -0.458. The van der Waals surface area contributed by atoms with Gasteiger partial charge in [-0.05, 0) is 24.3 Å². The summed E-state index contributed by atoms with van der Waals surface area (Å²) in [6.45, 7) is 0.724. The number of fused-ring (bicyclic) bond motifs is 1. The molecule has 0 fully saturated rings. The Hall–Kier alpha value is -3.22. The van der Waals surface area contributed by atoms with Crippen molar-refractivity contribution in [2.45, 2.75) is 6.10 Å². The predicted molar refractivity (Wildman–Crippen MR) is 95.6 cm³/mol. The first kappa shape index (κ1) is 17.6. The summed E-state index contributed by atoms with van der Waals surface area (Å²) in [6.07, 6.45) is -0.254. The number of ether oxygens (including phenoxy) is 3. The van der Waals surface area contributed by atoms with Gasteiger partial charge >= 0.3 is 5.97 Å². The summed E-state index contributed by atoms with van der Waals surface area (Å²) in [6, 6.07) is 14.3. The maximum absolute atomic E-state index is 12.1. The summed E-state index contributed by atoms with van der Waals surface area (Å²) >= 11 is 0. The van der Waals surface area contributed by atoms with Gasteiger partial charge in [0.05, 0.1) is 25.8 Å². The molecule has 3 rings (SSSR count). The highest BCUT2D eigenvalue weighted by molar-refractivity contribution is 5.96. The van der Waals surface area contributed by atoms with Gasteiger partial charge in [0.1, 0.15) is 12.7 Å². The molecule has 0 aliphatic carbocycles. The first-order valence-corrected chi connectivity index (χ1v) is 8.24. The van der Waals surface area contributed by atoms with Gasteiger partial charge in [0.15, 0.2) is 11.5 Å². The second-order valence-electron chi connectivity index (χ2n) is 5.69. The van der Waals surface area contributed by atoms with Gasteiger partial charge < -0.3 is 24.8 Å². The zero-order chi connectivity index (χ0) is 18.4. The van der Waals surface area contributed by atoms with Crippen molar-refractivity contribution in [3.63, 3.8) is 0 Å². The van der Waals surface area contributed by atoms with Crippen LogP contribution in [0, 0.1) is 0 Å². The van der Waals surface area contributed by atoms with Crippen LogP contribution in [0.2, 0.25) is 0 Å². The van der Waals surface area contributed by atoms with Crippen LogP contribution < -0.4 is 20.1 Å². The Labute approximate surface area is 151 Å². The Morgan fingerprint density at radius 1 is 1.12 bits per heavy atom. The number of rotatable bonds is 6. The third kappa shape index (κ3) is 4.24. The quantitative estimate of drug-likeness (QED) is 0.768. The summed E-state index contributed by atoms with van der Waals surface area (Å²) < 4.78 is 16.1. The number of amides is 1. The lowest BCUT2D eigenvalue weighted by atomic mass is 10.2. The van der Waals surface area contributed by atoms with E-state index in [1.165, 1.54) is 7.11 Å². The predicted octanol–water partition coefficient (Wildman–Crippen LogP) is 1.84. The van der Waals surface area contributed by atoms with E-state index in [1.807, 2.05) is 24.3 Å². The van der Waals surface area contributed by atoms with Crippen molar-refractivity contribution in [1.29, 1.82) is 0 Å². The molecule has 0 bridgehead atoms. The molecule has 1 aliphatic heterocycles. The number of hydrogen-bond acceptors (Lipinski definition) is 6.